The number of fused-ring (bicyclic) bond motifs is 3. The topological polar surface area (TPSA) is 76.6 Å². The number of carbonyl (C=O) groups is 1. The zero-order valence-electron chi connectivity index (χ0n) is 17.8. The van der Waals surface area contributed by atoms with Gasteiger partial charge in [-0.05, 0) is 48.7 Å². The lowest BCUT2D eigenvalue weighted by Crippen LogP contribution is -2.35. The molecule has 0 atom stereocenters. The van der Waals surface area contributed by atoms with Crippen LogP contribution >= 0.6 is 12.2 Å². The monoisotopic (exact) mass is 451 g/mol. The maximum absolute atomic E-state index is 12.9. The predicted molar refractivity (Wildman–Crippen MR) is 124 cm³/mol. The first-order valence-electron chi connectivity index (χ1n) is 11.0. The van der Waals surface area contributed by atoms with E-state index < -0.39 is 0 Å². The highest BCUT2D eigenvalue weighted by atomic mass is 32.1. The zero-order chi connectivity index (χ0) is 22.1. The van der Waals surface area contributed by atoms with E-state index in [1.54, 1.807) is 16.7 Å². The van der Waals surface area contributed by atoms with Crippen molar-refractivity contribution in [1.29, 1.82) is 0 Å². The highest BCUT2D eigenvalue weighted by Crippen LogP contribution is 2.34. The van der Waals surface area contributed by atoms with Crippen LogP contribution in [0, 0.1) is 4.77 Å². The molecule has 7 nitrogen and oxygen atoms in total. The molecule has 1 N–H and O–H groups in total. The molecule has 0 fully saturated rings. The van der Waals surface area contributed by atoms with Crippen molar-refractivity contribution in [1.82, 2.24) is 14.5 Å². The van der Waals surface area contributed by atoms with Gasteiger partial charge in [0, 0.05) is 32.1 Å². The molecule has 0 saturated heterocycles. The summed E-state index contributed by atoms with van der Waals surface area (Å²) < 4.78 is 12.7. The number of carbonyl (C=O) groups excluding carboxylic acids is 1. The number of ether oxygens (including phenoxy) is 2. The average Bonchev–Trinajstić information content (AvgIpc) is 3.26. The largest absolute Gasteiger partial charge is 0.454 e. The Morgan fingerprint density at radius 2 is 1.84 bits per heavy atom. The maximum atomic E-state index is 12.9. The van der Waals surface area contributed by atoms with Crippen LogP contribution in [-0.2, 0) is 24.3 Å². The molecule has 2 aliphatic heterocycles. The molecule has 166 valence electrons. The Morgan fingerprint density at radius 1 is 1.06 bits per heavy atom. The third kappa shape index (κ3) is 4.02. The van der Waals surface area contributed by atoms with Gasteiger partial charge in [-0.3, -0.25) is 14.2 Å². The smallest absolute Gasteiger partial charge is 0.262 e. The molecule has 8 heteroatoms. The van der Waals surface area contributed by atoms with E-state index in [1.165, 1.54) is 11.1 Å². The Labute approximate surface area is 190 Å². The summed E-state index contributed by atoms with van der Waals surface area (Å²) in [7, 11) is 0. The van der Waals surface area contributed by atoms with Gasteiger partial charge in [-0.2, -0.15) is 0 Å². The Balaban J connectivity index is 1.16. The number of H-pyrrole nitrogens is 1. The second kappa shape index (κ2) is 8.78. The average molecular weight is 452 g/mol. The van der Waals surface area contributed by atoms with Gasteiger partial charge in [0.25, 0.3) is 5.56 Å². The number of aromatic amines is 1. The summed E-state index contributed by atoms with van der Waals surface area (Å²) in [6.45, 7) is 2.16. The number of rotatable bonds is 6. The van der Waals surface area contributed by atoms with E-state index in [2.05, 4.69) is 23.2 Å². The van der Waals surface area contributed by atoms with Gasteiger partial charge in [-0.25, -0.2) is 0 Å². The molecular weight excluding hydrogens is 426 g/mol. The number of hydrogen-bond donors (Lipinski definition) is 1. The Hall–Kier alpha value is -3.13. The van der Waals surface area contributed by atoms with E-state index in [-0.39, 0.29) is 18.3 Å². The lowest BCUT2D eigenvalue weighted by molar-refractivity contribution is -0.132. The third-order valence-corrected chi connectivity index (χ3v) is 6.55. The van der Waals surface area contributed by atoms with Crippen LogP contribution in [0.5, 0.6) is 11.5 Å². The summed E-state index contributed by atoms with van der Waals surface area (Å²) >= 11 is 5.41. The zero-order valence-corrected chi connectivity index (χ0v) is 18.6. The van der Waals surface area contributed by atoms with Gasteiger partial charge in [0.15, 0.2) is 16.3 Å². The molecule has 0 aliphatic carbocycles. The number of amides is 1. The first-order chi connectivity index (χ1) is 15.6. The van der Waals surface area contributed by atoms with Gasteiger partial charge < -0.3 is 19.4 Å². The fourth-order valence-corrected chi connectivity index (χ4v) is 4.72. The highest BCUT2D eigenvalue weighted by Gasteiger charge is 2.20. The second-order valence-corrected chi connectivity index (χ2v) is 8.67. The number of unbranched alkanes of at least 4 members (excludes halogenated alkanes) is 2. The van der Waals surface area contributed by atoms with Crippen LogP contribution in [0.15, 0.2) is 41.2 Å². The molecule has 1 aromatic heterocycles. The maximum Gasteiger partial charge on any atom is 0.262 e. The van der Waals surface area contributed by atoms with Crippen molar-refractivity contribution in [3.8, 4) is 11.5 Å². The molecule has 0 saturated carbocycles. The SMILES string of the molecule is O=C(CCCCCn1c(=S)[nH]c2cc3c(cc2c1=O)OCO3)N1CCc2ccccc2C1. The van der Waals surface area contributed by atoms with E-state index >= 15 is 0 Å². The summed E-state index contributed by atoms with van der Waals surface area (Å²) in [6, 6.07) is 11.8. The normalized spacial score (nSPS) is 14.6. The van der Waals surface area contributed by atoms with Crippen LogP contribution in [-0.4, -0.2) is 33.7 Å². The molecule has 5 rings (SSSR count). The molecule has 0 unspecified atom stereocenters. The van der Waals surface area contributed by atoms with Crippen molar-refractivity contribution in [2.24, 2.45) is 0 Å². The van der Waals surface area contributed by atoms with E-state index in [4.69, 9.17) is 21.7 Å². The van der Waals surface area contributed by atoms with Crippen LogP contribution in [0.2, 0.25) is 0 Å². The van der Waals surface area contributed by atoms with E-state index in [9.17, 15) is 9.59 Å². The molecule has 0 spiro atoms. The summed E-state index contributed by atoms with van der Waals surface area (Å²) in [6.07, 6.45) is 3.89. The van der Waals surface area contributed by atoms with E-state index in [0.29, 0.717) is 46.7 Å². The van der Waals surface area contributed by atoms with Gasteiger partial charge >= 0.3 is 0 Å². The van der Waals surface area contributed by atoms with Crippen molar-refractivity contribution in [2.45, 2.75) is 45.2 Å². The molecule has 2 aromatic carbocycles. The standard InChI is InChI=1S/C24H25N3O4S/c28-22(26-11-9-16-6-3-4-7-17(16)14-26)8-2-1-5-10-27-23(29)18-12-20-21(31-15-30-20)13-19(18)25-24(27)32/h3-4,6-7,12-13H,1-2,5,8-11,14-15H2,(H,25,32). The second-order valence-electron chi connectivity index (χ2n) is 8.28. The fourth-order valence-electron chi connectivity index (χ4n) is 4.44. The number of nitrogens with one attached hydrogen (secondary N) is 1. The molecule has 3 aromatic rings. The Bertz CT molecular complexity index is 1300. The minimum atomic E-state index is -0.134. The molecular formula is C24H25N3O4S. The molecule has 32 heavy (non-hydrogen) atoms. The summed E-state index contributed by atoms with van der Waals surface area (Å²) in [5.74, 6) is 1.39. The molecule has 0 bridgehead atoms. The summed E-state index contributed by atoms with van der Waals surface area (Å²) in [5.41, 5.74) is 3.11. The predicted octanol–water partition coefficient (Wildman–Crippen LogP) is 3.93. The number of aromatic nitrogens is 2. The molecule has 3 heterocycles. The van der Waals surface area contributed by atoms with E-state index in [1.807, 2.05) is 11.0 Å². The minimum absolute atomic E-state index is 0.134. The molecule has 1 amide bonds. The van der Waals surface area contributed by atoms with Crippen LogP contribution in [0.25, 0.3) is 10.9 Å². The Morgan fingerprint density at radius 3 is 2.69 bits per heavy atom. The van der Waals surface area contributed by atoms with Crippen LogP contribution in [0.4, 0.5) is 0 Å². The van der Waals surface area contributed by atoms with Crippen molar-refractivity contribution in [3.63, 3.8) is 0 Å². The van der Waals surface area contributed by atoms with Crippen LogP contribution in [0.3, 0.4) is 0 Å². The van der Waals surface area contributed by atoms with Crippen molar-refractivity contribution in [2.75, 3.05) is 13.3 Å². The van der Waals surface area contributed by atoms with Crippen molar-refractivity contribution in [3.05, 3.63) is 62.6 Å². The molecule has 2 aliphatic rings. The number of nitrogens with zero attached hydrogens (tertiary/aromatic N) is 2. The van der Waals surface area contributed by atoms with Gasteiger partial charge in [0.05, 0.1) is 10.9 Å². The Kier molecular flexibility index (Phi) is 5.70. The quantitative estimate of drug-likeness (QED) is 0.454. The van der Waals surface area contributed by atoms with E-state index in [0.717, 1.165) is 32.2 Å². The number of hydrogen-bond acceptors (Lipinski definition) is 5. The number of benzene rings is 2. The fraction of sp³-hybridized carbons (Fsp3) is 0.375. The van der Waals surface area contributed by atoms with Gasteiger partial charge in [0.1, 0.15) is 0 Å². The van der Waals surface area contributed by atoms with Crippen LogP contribution in [0.1, 0.15) is 36.8 Å². The minimum Gasteiger partial charge on any atom is -0.454 e. The molecule has 0 radical (unpaired) electrons. The van der Waals surface area contributed by atoms with Gasteiger partial charge in [-0.15, -0.1) is 0 Å². The van der Waals surface area contributed by atoms with Gasteiger partial charge in [0.2, 0.25) is 12.7 Å². The van der Waals surface area contributed by atoms with Crippen LogP contribution < -0.4 is 15.0 Å². The summed E-state index contributed by atoms with van der Waals surface area (Å²) in [4.78, 5) is 30.6. The first kappa shape index (κ1) is 20.8. The highest BCUT2D eigenvalue weighted by molar-refractivity contribution is 7.71. The third-order valence-electron chi connectivity index (χ3n) is 6.23. The van der Waals surface area contributed by atoms with Crippen molar-refractivity contribution < 1.29 is 14.3 Å². The lowest BCUT2D eigenvalue weighted by Gasteiger charge is -2.29. The summed E-state index contributed by atoms with van der Waals surface area (Å²) in [5, 5.41) is 0.531. The lowest BCUT2D eigenvalue weighted by atomic mass is 9.99. The first-order valence-corrected chi connectivity index (χ1v) is 11.4. The van der Waals surface area contributed by atoms with Gasteiger partial charge in [-0.1, -0.05) is 30.7 Å². The van der Waals surface area contributed by atoms with Crippen molar-refractivity contribution >= 4 is 29.0 Å².